The van der Waals surface area contributed by atoms with Crippen LogP contribution in [-0.2, 0) is 4.74 Å². The Kier molecular flexibility index (Phi) is 3.42. The Morgan fingerprint density at radius 3 is 2.89 bits per heavy atom. The molecule has 94 valence electrons. The average molecular weight is 268 g/mol. The van der Waals surface area contributed by atoms with Gasteiger partial charge in [0.2, 0.25) is 0 Å². The van der Waals surface area contributed by atoms with Gasteiger partial charge in [-0.05, 0) is 6.07 Å². The molecule has 0 fully saturated rings. The fourth-order valence-electron chi connectivity index (χ4n) is 1.28. The zero-order valence-electron chi connectivity index (χ0n) is 9.72. The van der Waals surface area contributed by atoms with Crippen molar-refractivity contribution >= 4 is 23.3 Å². The molecule has 1 N–H and O–H groups in total. The molecule has 0 bridgehead atoms. The minimum atomic E-state index is -0.566. The minimum absolute atomic E-state index is 0.0908. The van der Waals surface area contributed by atoms with E-state index in [-0.39, 0.29) is 5.69 Å². The van der Waals surface area contributed by atoms with Crippen LogP contribution in [0.2, 0.25) is 5.02 Å². The monoisotopic (exact) mass is 267 g/mol. The number of ether oxygens (including phenoxy) is 1. The third kappa shape index (κ3) is 2.25. The van der Waals surface area contributed by atoms with Crippen LogP contribution >= 0.6 is 11.6 Å². The van der Waals surface area contributed by atoms with Crippen LogP contribution < -0.4 is 5.32 Å². The summed E-state index contributed by atoms with van der Waals surface area (Å²) in [6, 6.07) is 1.69. The van der Waals surface area contributed by atoms with E-state index < -0.39 is 5.97 Å². The zero-order valence-corrected chi connectivity index (χ0v) is 10.5. The number of methoxy groups -OCH3 is 1. The molecule has 0 spiro atoms. The number of nitrogens with zero attached hydrogens (tertiary/aromatic N) is 4. The molecule has 18 heavy (non-hydrogen) atoms. The van der Waals surface area contributed by atoms with Crippen molar-refractivity contribution in [2.45, 2.75) is 0 Å². The van der Waals surface area contributed by atoms with Crippen LogP contribution in [0.5, 0.6) is 0 Å². The first-order chi connectivity index (χ1) is 8.65. The second kappa shape index (κ2) is 5.01. The molecule has 0 amide bonds. The van der Waals surface area contributed by atoms with Crippen LogP contribution in [0.15, 0.2) is 18.5 Å². The molecular weight excluding hydrogens is 258 g/mol. The van der Waals surface area contributed by atoms with Crippen LogP contribution in [0, 0.1) is 0 Å². The number of carbonyl (C=O) groups is 1. The molecule has 0 aliphatic rings. The van der Waals surface area contributed by atoms with E-state index in [2.05, 4.69) is 25.2 Å². The molecule has 0 atom stereocenters. The topological polar surface area (TPSA) is 81.9 Å². The van der Waals surface area contributed by atoms with Crippen LogP contribution in [0.25, 0.3) is 5.82 Å². The smallest absolute Gasteiger partial charge is 0.360 e. The molecule has 2 heterocycles. The average Bonchev–Trinajstić information content (AvgIpc) is 2.87. The van der Waals surface area contributed by atoms with Gasteiger partial charge in [0, 0.05) is 7.05 Å². The quantitative estimate of drug-likeness (QED) is 0.840. The Morgan fingerprint density at radius 1 is 1.50 bits per heavy atom. The molecule has 0 aromatic carbocycles. The summed E-state index contributed by atoms with van der Waals surface area (Å²) in [5.74, 6) is -0.227. The van der Waals surface area contributed by atoms with Gasteiger partial charge in [-0.3, -0.25) is 0 Å². The Morgan fingerprint density at radius 2 is 2.28 bits per heavy atom. The Balaban J connectivity index is 2.37. The summed E-state index contributed by atoms with van der Waals surface area (Å²) in [5, 5.41) is 11.1. The summed E-state index contributed by atoms with van der Waals surface area (Å²) in [6.45, 7) is 0. The maximum atomic E-state index is 11.2. The Labute approximate surface area is 108 Å². The number of hydrogen-bond acceptors (Lipinski definition) is 6. The predicted molar refractivity (Wildman–Crippen MR) is 65.1 cm³/mol. The maximum Gasteiger partial charge on any atom is 0.360 e. The molecule has 2 aromatic rings. The Hall–Kier alpha value is -2.15. The number of hydrogen-bond donors (Lipinski definition) is 1. The first-order valence-corrected chi connectivity index (χ1v) is 5.38. The van der Waals surface area contributed by atoms with Crippen molar-refractivity contribution in [3.63, 3.8) is 0 Å². The lowest BCUT2D eigenvalue weighted by molar-refractivity contribution is 0.0593. The van der Waals surface area contributed by atoms with E-state index in [9.17, 15) is 4.79 Å². The standard InChI is InChI=1S/C10H10ClN5O2/c1-12-6-3-7(11)9(13-4-6)16-14-5-8(15-16)10(17)18-2/h3-5,12H,1-2H3. The SMILES string of the molecule is CNc1cnc(-n2ncc(C(=O)OC)n2)c(Cl)c1. The van der Waals surface area contributed by atoms with Crippen LogP contribution in [0.3, 0.4) is 0 Å². The van der Waals surface area contributed by atoms with Crippen molar-refractivity contribution in [1.82, 2.24) is 20.0 Å². The highest BCUT2D eigenvalue weighted by Gasteiger charge is 2.14. The van der Waals surface area contributed by atoms with E-state index in [0.717, 1.165) is 5.69 Å². The first-order valence-electron chi connectivity index (χ1n) is 5.00. The zero-order chi connectivity index (χ0) is 13.1. The molecule has 0 saturated carbocycles. The van der Waals surface area contributed by atoms with E-state index in [1.807, 2.05) is 0 Å². The third-order valence-electron chi connectivity index (χ3n) is 2.19. The summed E-state index contributed by atoms with van der Waals surface area (Å²) in [4.78, 5) is 16.5. The molecule has 2 rings (SSSR count). The van der Waals surface area contributed by atoms with Crippen molar-refractivity contribution in [3.05, 3.63) is 29.2 Å². The number of pyridine rings is 1. The molecular formula is C10H10ClN5O2. The van der Waals surface area contributed by atoms with Gasteiger partial charge in [-0.1, -0.05) is 11.6 Å². The largest absolute Gasteiger partial charge is 0.464 e. The lowest BCUT2D eigenvalue weighted by atomic mass is 10.4. The summed E-state index contributed by atoms with van der Waals surface area (Å²) in [5.41, 5.74) is 0.858. The van der Waals surface area contributed by atoms with Crippen molar-refractivity contribution in [1.29, 1.82) is 0 Å². The van der Waals surface area contributed by atoms with E-state index in [0.29, 0.717) is 10.8 Å². The van der Waals surface area contributed by atoms with E-state index >= 15 is 0 Å². The number of aromatic nitrogens is 4. The van der Waals surface area contributed by atoms with Gasteiger partial charge < -0.3 is 10.1 Å². The van der Waals surface area contributed by atoms with E-state index in [1.165, 1.54) is 18.1 Å². The minimum Gasteiger partial charge on any atom is -0.464 e. The lowest BCUT2D eigenvalue weighted by Gasteiger charge is -2.04. The normalized spacial score (nSPS) is 10.2. The second-order valence-electron chi connectivity index (χ2n) is 3.29. The van der Waals surface area contributed by atoms with Gasteiger partial charge in [0.15, 0.2) is 11.5 Å². The number of halogens is 1. The van der Waals surface area contributed by atoms with Gasteiger partial charge in [0.25, 0.3) is 0 Å². The van der Waals surface area contributed by atoms with Gasteiger partial charge in [-0.15, -0.1) is 9.90 Å². The summed E-state index contributed by atoms with van der Waals surface area (Å²) in [7, 11) is 3.03. The van der Waals surface area contributed by atoms with Gasteiger partial charge in [0.1, 0.15) is 0 Å². The van der Waals surface area contributed by atoms with E-state index in [4.69, 9.17) is 11.6 Å². The highest BCUT2D eigenvalue weighted by atomic mass is 35.5. The van der Waals surface area contributed by atoms with Gasteiger partial charge in [-0.25, -0.2) is 9.78 Å². The van der Waals surface area contributed by atoms with Crippen molar-refractivity contribution in [2.75, 3.05) is 19.5 Å². The third-order valence-corrected chi connectivity index (χ3v) is 2.46. The molecule has 0 radical (unpaired) electrons. The fourth-order valence-corrected chi connectivity index (χ4v) is 1.52. The van der Waals surface area contributed by atoms with Crippen molar-refractivity contribution in [3.8, 4) is 5.82 Å². The van der Waals surface area contributed by atoms with Crippen molar-refractivity contribution < 1.29 is 9.53 Å². The predicted octanol–water partition coefficient (Wildman–Crippen LogP) is 1.14. The summed E-state index contributed by atoms with van der Waals surface area (Å²) in [6.07, 6.45) is 2.87. The van der Waals surface area contributed by atoms with Gasteiger partial charge >= 0.3 is 5.97 Å². The summed E-state index contributed by atoms with van der Waals surface area (Å²) < 4.78 is 4.53. The number of esters is 1. The number of nitrogens with one attached hydrogen (secondary N) is 1. The van der Waals surface area contributed by atoms with Crippen LogP contribution in [0.1, 0.15) is 10.5 Å². The van der Waals surface area contributed by atoms with Crippen molar-refractivity contribution in [2.24, 2.45) is 0 Å². The lowest BCUT2D eigenvalue weighted by Crippen LogP contribution is -2.06. The highest BCUT2D eigenvalue weighted by molar-refractivity contribution is 6.32. The maximum absolute atomic E-state index is 11.2. The van der Waals surface area contributed by atoms with Crippen LogP contribution in [0.4, 0.5) is 5.69 Å². The summed E-state index contributed by atoms with van der Waals surface area (Å²) >= 11 is 6.05. The molecule has 0 aliphatic heterocycles. The molecule has 0 unspecified atom stereocenters. The molecule has 0 aliphatic carbocycles. The fraction of sp³-hybridized carbons (Fsp3) is 0.200. The van der Waals surface area contributed by atoms with Gasteiger partial charge in [-0.2, -0.15) is 5.10 Å². The molecule has 2 aromatic heterocycles. The van der Waals surface area contributed by atoms with Crippen LogP contribution in [-0.4, -0.2) is 40.1 Å². The van der Waals surface area contributed by atoms with Gasteiger partial charge in [0.05, 0.1) is 30.2 Å². The number of carbonyl (C=O) groups excluding carboxylic acids is 1. The molecule has 0 saturated heterocycles. The molecule has 8 heteroatoms. The second-order valence-corrected chi connectivity index (χ2v) is 3.70. The number of rotatable bonds is 3. The Bertz CT molecular complexity index is 583. The number of anilines is 1. The highest BCUT2D eigenvalue weighted by Crippen LogP contribution is 2.20. The first kappa shape index (κ1) is 12.3. The van der Waals surface area contributed by atoms with E-state index in [1.54, 1.807) is 19.3 Å². The molecule has 7 nitrogen and oxygen atoms in total.